The quantitative estimate of drug-likeness (QED) is 0.902. The lowest BCUT2D eigenvalue weighted by Crippen LogP contribution is -2.02. The number of halogens is 2. The third-order valence-electron chi connectivity index (χ3n) is 2.84. The van der Waals surface area contributed by atoms with Crippen LogP contribution in [-0.4, -0.2) is 12.2 Å². The Kier molecular flexibility index (Phi) is 4.98. The molecule has 0 aliphatic rings. The Morgan fingerprint density at radius 2 is 1.85 bits per heavy atom. The fourth-order valence-electron chi connectivity index (χ4n) is 1.78. The molecule has 20 heavy (non-hydrogen) atoms. The summed E-state index contributed by atoms with van der Waals surface area (Å²) in [5, 5.41) is 9.44. The second kappa shape index (κ2) is 6.72. The van der Waals surface area contributed by atoms with E-state index in [1.165, 1.54) is 19.2 Å². The number of aliphatic hydroxyl groups is 1. The third kappa shape index (κ3) is 3.29. The predicted molar refractivity (Wildman–Crippen MR) is 77.3 cm³/mol. The van der Waals surface area contributed by atoms with Crippen molar-refractivity contribution in [2.45, 2.75) is 13.2 Å². The van der Waals surface area contributed by atoms with Crippen LogP contribution in [0, 0.1) is 5.82 Å². The van der Waals surface area contributed by atoms with Gasteiger partial charge in [-0.25, -0.2) is 4.39 Å². The number of hydrogen-bond acceptors (Lipinski definition) is 3. The molecule has 1 N–H and O–H groups in total. The van der Waals surface area contributed by atoms with Crippen molar-refractivity contribution in [1.29, 1.82) is 0 Å². The van der Waals surface area contributed by atoms with Gasteiger partial charge in [0.2, 0.25) is 0 Å². The van der Waals surface area contributed by atoms with Gasteiger partial charge < -0.3 is 14.6 Å². The van der Waals surface area contributed by atoms with E-state index in [-0.39, 0.29) is 19.0 Å². The lowest BCUT2D eigenvalue weighted by molar-refractivity contribution is 0.249. The van der Waals surface area contributed by atoms with E-state index in [0.717, 1.165) is 10.0 Å². The average Bonchev–Trinajstić information content (AvgIpc) is 2.46. The molecule has 2 aromatic rings. The van der Waals surface area contributed by atoms with Crippen LogP contribution in [0.3, 0.4) is 0 Å². The van der Waals surface area contributed by atoms with Gasteiger partial charge in [-0.3, -0.25) is 0 Å². The van der Waals surface area contributed by atoms with Gasteiger partial charge in [0.1, 0.15) is 12.4 Å². The lowest BCUT2D eigenvalue weighted by atomic mass is 10.2. The molecular formula is C15H14BrFO3. The summed E-state index contributed by atoms with van der Waals surface area (Å²) >= 11 is 3.36. The van der Waals surface area contributed by atoms with Crippen molar-refractivity contribution in [3.63, 3.8) is 0 Å². The fourth-order valence-corrected chi connectivity index (χ4v) is 2.22. The van der Waals surface area contributed by atoms with E-state index in [1.807, 2.05) is 0 Å². The fraction of sp³-hybridized carbons (Fsp3) is 0.200. The van der Waals surface area contributed by atoms with E-state index in [0.29, 0.717) is 17.1 Å². The zero-order chi connectivity index (χ0) is 14.5. The van der Waals surface area contributed by atoms with E-state index in [4.69, 9.17) is 9.47 Å². The summed E-state index contributed by atoms with van der Waals surface area (Å²) < 4.78 is 24.5. The Balaban J connectivity index is 2.23. The van der Waals surface area contributed by atoms with E-state index >= 15 is 0 Å². The largest absolute Gasteiger partial charge is 0.493 e. The van der Waals surface area contributed by atoms with Gasteiger partial charge in [0, 0.05) is 10.0 Å². The second-order valence-electron chi connectivity index (χ2n) is 4.13. The molecule has 0 heterocycles. The predicted octanol–water partition coefficient (Wildman–Crippen LogP) is 3.67. The van der Waals surface area contributed by atoms with Crippen LogP contribution in [0.1, 0.15) is 11.1 Å². The van der Waals surface area contributed by atoms with Gasteiger partial charge in [-0.2, -0.15) is 0 Å². The molecule has 0 saturated heterocycles. The highest BCUT2D eigenvalue weighted by Gasteiger charge is 2.14. The Labute approximate surface area is 125 Å². The smallest absolute Gasteiger partial charge is 0.168 e. The number of ether oxygens (including phenoxy) is 2. The summed E-state index contributed by atoms with van der Waals surface area (Å²) in [6.45, 7) is 0.0939. The number of hydrogen-bond donors (Lipinski definition) is 1. The van der Waals surface area contributed by atoms with Crippen LogP contribution >= 0.6 is 15.9 Å². The molecular weight excluding hydrogens is 327 g/mol. The maximum Gasteiger partial charge on any atom is 0.168 e. The van der Waals surface area contributed by atoms with Gasteiger partial charge in [0.05, 0.1) is 13.7 Å². The molecule has 2 rings (SSSR count). The van der Waals surface area contributed by atoms with Gasteiger partial charge in [-0.05, 0) is 29.8 Å². The van der Waals surface area contributed by atoms with Crippen molar-refractivity contribution in [2.75, 3.05) is 7.11 Å². The standard InChI is InChI=1S/C15H14BrFO3/c1-19-14-7-6-13(16)12(8-18)15(14)20-9-10-2-4-11(17)5-3-10/h2-7,18H,8-9H2,1H3. The number of benzene rings is 2. The first kappa shape index (κ1) is 14.8. The minimum absolute atomic E-state index is 0.170. The third-order valence-corrected chi connectivity index (χ3v) is 3.58. The van der Waals surface area contributed by atoms with Crippen LogP contribution in [0.15, 0.2) is 40.9 Å². The van der Waals surface area contributed by atoms with Gasteiger partial charge in [-0.1, -0.05) is 28.1 Å². The monoisotopic (exact) mass is 340 g/mol. The maximum atomic E-state index is 12.8. The SMILES string of the molecule is COc1ccc(Br)c(CO)c1OCc1ccc(F)cc1. The van der Waals surface area contributed by atoms with E-state index in [2.05, 4.69) is 15.9 Å². The molecule has 5 heteroatoms. The highest BCUT2D eigenvalue weighted by molar-refractivity contribution is 9.10. The normalized spacial score (nSPS) is 10.4. The van der Waals surface area contributed by atoms with Crippen LogP contribution in [0.5, 0.6) is 11.5 Å². The average molecular weight is 341 g/mol. The van der Waals surface area contributed by atoms with E-state index < -0.39 is 0 Å². The zero-order valence-corrected chi connectivity index (χ0v) is 12.5. The van der Waals surface area contributed by atoms with E-state index in [9.17, 15) is 9.50 Å². The summed E-state index contributed by atoms with van der Waals surface area (Å²) in [7, 11) is 1.54. The van der Waals surface area contributed by atoms with Crippen molar-refractivity contribution in [3.8, 4) is 11.5 Å². The van der Waals surface area contributed by atoms with Crippen LogP contribution < -0.4 is 9.47 Å². The van der Waals surface area contributed by atoms with Crippen molar-refractivity contribution < 1.29 is 19.0 Å². The number of rotatable bonds is 5. The van der Waals surface area contributed by atoms with Gasteiger partial charge >= 0.3 is 0 Å². The molecule has 0 aliphatic carbocycles. The zero-order valence-electron chi connectivity index (χ0n) is 10.9. The van der Waals surface area contributed by atoms with Crippen molar-refractivity contribution >= 4 is 15.9 Å². The molecule has 2 aromatic carbocycles. The van der Waals surface area contributed by atoms with Crippen molar-refractivity contribution in [2.24, 2.45) is 0 Å². The molecule has 0 radical (unpaired) electrons. The minimum Gasteiger partial charge on any atom is -0.493 e. The Hall–Kier alpha value is -1.59. The molecule has 0 saturated carbocycles. The molecule has 0 unspecified atom stereocenters. The molecule has 0 aromatic heterocycles. The molecule has 0 bridgehead atoms. The second-order valence-corrected chi connectivity index (χ2v) is 4.98. The summed E-state index contributed by atoms with van der Waals surface area (Å²) in [5.41, 5.74) is 1.45. The van der Waals surface area contributed by atoms with Crippen molar-refractivity contribution in [1.82, 2.24) is 0 Å². The highest BCUT2D eigenvalue weighted by atomic mass is 79.9. The van der Waals surface area contributed by atoms with Crippen LogP contribution in [0.2, 0.25) is 0 Å². The number of methoxy groups -OCH3 is 1. The molecule has 0 amide bonds. The van der Waals surface area contributed by atoms with Gasteiger partial charge in [0.25, 0.3) is 0 Å². The topological polar surface area (TPSA) is 38.7 Å². The van der Waals surface area contributed by atoms with E-state index in [1.54, 1.807) is 24.3 Å². The molecule has 3 nitrogen and oxygen atoms in total. The van der Waals surface area contributed by atoms with Crippen LogP contribution in [0.25, 0.3) is 0 Å². The maximum absolute atomic E-state index is 12.8. The molecule has 0 aliphatic heterocycles. The van der Waals surface area contributed by atoms with Crippen molar-refractivity contribution in [3.05, 3.63) is 57.8 Å². The Bertz CT molecular complexity index is 584. The number of aliphatic hydroxyl groups excluding tert-OH is 1. The van der Waals surface area contributed by atoms with Crippen LogP contribution in [0.4, 0.5) is 4.39 Å². The first-order valence-corrected chi connectivity index (χ1v) is 6.78. The Morgan fingerprint density at radius 1 is 1.15 bits per heavy atom. The first-order valence-electron chi connectivity index (χ1n) is 5.99. The Morgan fingerprint density at radius 3 is 2.45 bits per heavy atom. The lowest BCUT2D eigenvalue weighted by Gasteiger charge is -2.15. The molecule has 0 spiro atoms. The first-order chi connectivity index (χ1) is 9.65. The van der Waals surface area contributed by atoms with Gasteiger partial charge in [0.15, 0.2) is 11.5 Å². The summed E-state index contributed by atoms with van der Waals surface area (Å²) in [5.74, 6) is 0.734. The van der Waals surface area contributed by atoms with Crippen LogP contribution in [-0.2, 0) is 13.2 Å². The molecule has 106 valence electrons. The minimum atomic E-state index is -0.287. The molecule has 0 fully saturated rings. The summed E-state index contributed by atoms with van der Waals surface area (Å²) in [6, 6.07) is 9.60. The van der Waals surface area contributed by atoms with Gasteiger partial charge in [-0.15, -0.1) is 0 Å². The highest BCUT2D eigenvalue weighted by Crippen LogP contribution is 2.36. The summed E-state index contributed by atoms with van der Waals surface area (Å²) in [4.78, 5) is 0. The summed E-state index contributed by atoms with van der Waals surface area (Å²) in [6.07, 6.45) is 0. The molecule has 0 atom stereocenters.